The lowest BCUT2D eigenvalue weighted by Gasteiger charge is -2.14. The number of hydrogen-bond donors (Lipinski definition) is 3. The molecular weight excluding hydrogens is 576 g/mol. The zero-order valence-electron chi connectivity index (χ0n) is 19.2. The summed E-state index contributed by atoms with van der Waals surface area (Å²) in [7, 11) is 0. The van der Waals surface area contributed by atoms with Crippen LogP contribution in [0.4, 0.5) is 11.4 Å². The van der Waals surface area contributed by atoms with Gasteiger partial charge in [-0.25, -0.2) is 4.68 Å². The highest BCUT2D eigenvalue weighted by Crippen LogP contribution is 2.25. The lowest BCUT2D eigenvalue weighted by Crippen LogP contribution is -2.36. The van der Waals surface area contributed by atoms with Crippen molar-refractivity contribution in [2.45, 2.75) is 20.8 Å². The van der Waals surface area contributed by atoms with Crippen LogP contribution >= 0.6 is 31.9 Å². The average Bonchev–Trinajstić information content (AvgIpc) is 3.14. The van der Waals surface area contributed by atoms with Crippen LogP contribution in [0.25, 0.3) is 10.9 Å². The number of anilines is 2. The molecule has 0 aliphatic carbocycles. The molecule has 9 heteroatoms. The van der Waals surface area contributed by atoms with Gasteiger partial charge in [-0.1, -0.05) is 39.7 Å². The predicted molar refractivity (Wildman–Crippen MR) is 145 cm³/mol. The van der Waals surface area contributed by atoms with E-state index < -0.39 is 17.7 Å². The van der Waals surface area contributed by atoms with Crippen molar-refractivity contribution < 1.29 is 14.4 Å². The van der Waals surface area contributed by atoms with Crippen molar-refractivity contribution in [3.8, 4) is 0 Å². The number of aryl methyl sites for hydroxylation is 3. The molecule has 3 N–H and O–H groups in total. The van der Waals surface area contributed by atoms with Gasteiger partial charge >= 0.3 is 11.8 Å². The zero-order valence-corrected chi connectivity index (χ0v) is 22.4. The molecule has 0 saturated carbocycles. The van der Waals surface area contributed by atoms with Crippen molar-refractivity contribution in [1.29, 1.82) is 0 Å². The molecule has 0 bridgehead atoms. The van der Waals surface area contributed by atoms with Gasteiger partial charge in [0.2, 0.25) is 0 Å². The molecular formula is C26H22Br2N4O3. The van der Waals surface area contributed by atoms with Crippen LogP contribution in [0.15, 0.2) is 69.6 Å². The van der Waals surface area contributed by atoms with E-state index in [0.717, 1.165) is 21.2 Å². The van der Waals surface area contributed by atoms with Crippen molar-refractivity contribution in [3.05, 3.63) is 92.0 Å². The topological polar surface area (TPSA) is 92.2 Å². The lowest BCUT2D eigenvalue weighted by atomic mass is 10.1. The van der Waals surface area contributed by atoms with E-state index in [4.69, 9.17) is 0 Å². The van der Waals surface area contributed by atoms with Gasteiger partial charge in [-0.3, -0.25) is 19.8 Å². The van der Waals surface area contributed by atoms with Crippen molar-refractivity contribution in [2.24, 2.45) is 0 Å². The maximum absolute atomic E-state index is 13.2. The molecule has 3 aromatic carbocycles. The van der Waals surface area contributed by atoms with E-state index in [9.17, 15) is 14.4 Å². The van der Waals surface area contributed by atoms with Gasteiger partial charge in [0.05, 0.1) is 11.2 Å². The smallest absolute Gasteiger partial charge is 0.320 e. The molecule has 4 rings (SSSR count). The van der Waals surface area contributed by atoms with E-state index in [1.165, 1.54) is 4.68 Å². The Morgan fingerprint density at radius 2 is 1.43 bits per heavy atom. The van der Waals surface area contributed by atoms with E-state index in [-0.39, 0.29) is 5.69 Å². The Balaban J connectivity index is 1.64. The summed E-state index contributed by atoms with van der Waals surface area (Å²) in [5, 5.41) is 6.20. The van der Waals surface area contributed by atoms with Crippen LogP contribution in [0.1, 0.15) is 27.2 Å². The maximum Gasteiger partial charge on any atom is 0.328 e. The molecule has 0 spiro atoms. The standard InChI is InChI=1S/C26H22Br2N4O3/c1-14-4-7-20(16(3)10-14)29-24(33)23-13-17-12-18(27)6-9-22(17)32(23)31-26(35)25(34)30-21-8-5-15(2)11-19(21)28/h4-13H,1-3H3,(H,29,33)(H,30,34)(H,31,35). The second kappa shape index (κ2) is 10.1. The highest BCUT2D eigenvalue weighted by Gasteiger charge is 2.22. The molecule has 0 aliphatic rings. The quantitative estimate of drug-likeness (QED) is 0.250. The number of halogens is 2. The molecule has 0 radical (unpaired) electrons. The van der Waals surface area contributed by atoms with Crippen molar-refractivity contribution in [1.82, 2.24) is 4.68 Å². The van der Waals surface area contributed by atoms with Gasteiger partial charge in [-0.2, -0.15) is 0 Å². The molecule has 35 heavy (non-hydrogen) atoms. The first kappa shape index (κ1) is 24.7. The summed E-state index contributed by atoms with van der Waals surface area (Å²) in [4.78, 5) is 38.7. The number of rotatable bonds is 4. The van der Waals surface area contributed by atoms with Crippen LogP contribution < -0.4 is 16.1 Å². The monoisotopic (exact) mass is 596 g/mol. The van der Waals surface area contributed by atoms with Crippen LogP contribution in [-0.4, -0.2) is 22.4 Å². The summed E-state index contributed by atoms with van der Waals surface area (Å²) in [6.45, 7) is 5.80. The summed E-state index contributed by atoms with van der Waals surface area (Å²) in [6.07, 6.45) is 0. The number of amides is 3. The van der Waals surface area contributed by atoms with Gasteiger partial charge in [0.1, 0.15) is 5.69 Å². The Bertz CT molecular complexity index is 1490. The van der Waals surface area contributed by atoms with Crippen LogP contribution in [0.3, 0.4) is 0 Å². The fourth-order valence-corrected chi connectivity index (χ4v) is 4.64. The van der Waals surface area contributed by atoms with Crippen LogP contribution in [-0.2, 0) is 9.59 Å². The summed E-state index contributed by atoms with van der Waals surface area (Å²) in [5.74, 6) is -2.21. The van der Waals surface area contributed by atoms with Gasteiger partial charge in [0.25, 0.3) is 5.91 Å². The number of benzene rings is 3. The number of nitrogens with one attached hydrogen (secondary N) is 3. The molecule has 0 atom stereocenters. The van der Waals surface area contributed by atoms with E-state index in [1.807, 2.05) is 57.2 Å². The SMILES string of the molecule is Cc1ccc(NC(=O)c2cc3cc(Br)ccc3n2NC(=O)C(=O)Nc2ccc(C)cc2Br)c(C)c1. The fourth-order valence-electron chi connectivity index (χ4n) is 3.67. The Labute approximate surface area is 219 Å². The van der Waals surface area contributed by atoms with Gasteiger partial charge in [-0.15, -0.1) is 0 Å². The van der Waals surface area contributed by atoms with Gasteiger partial charge in [0.15, 0.2) is 0 Å². The normalized spacial score (nSPS) is 10.8. The zero-order chi connectivity index (χ0) is 25.3. The third-order valence-corrected chi connectivity index (χ3v) is 6.57. The molecule has 7 nitrogen and oxygen atoms in total. The number of nitrogens with zero attached hydrogens (tertiary/aromatic N) is 1. The van der Waals surface area contributed by atoms with Gasteiger partial charge in [-0.05, 0) is 90.3 Å². The first-order valence-electron chi connectivity index (χ1n) is 10.7. The number of hydrogen-bond acceptors (Lipinski definition) is 3. The number of carbonyl (C=O) groups excluding carboxylic acids is 3. The molecule has 0 unspecified atom stereocenters. The van der Waals surface area contributed by atoms with Crippen molar-refractivity contribution in [3.63, 3.8) is 0 Å². The minimum Gasteiger partial charge on any atom is -0.320 e. The van der Waals surface area contributed by atoms with Crippen LogP contribution in [0.2, 0.25) is 0 Å². The highest BCUT2D eigenvalue weighted by atomic mass is 79.9. The second-order valence-corrected chi connectivity index (χ2v) is 9.99. The van der Waals surface area contributed by atoms with Crippen molar-refractivity contribution >= 4 is 71.9 Å². The molecule has 0 fully saturated rings. The van der Waals surface area contributed by atoms with Crippen LogP contribution in [0, 0.1) is 20.8 Å². The third-order valence-electron chi connectivity index (χ3n) is 5.42. The summed E-state index contributed by atoms with van der Waals surface area (Å²) >= 11 is 6.82. The second-order valence-electron chi connectivity index (χ2n) is 8.22. The van der Waals surface area contributed by atoms with E-state index in [1.54, 1.807) is 24.3 Å². The Kier molecular flexibility index (Phi) is 7.09. The Hall–Kier alpha value is -3.43. The maximum atomic E-state index is 13.2. The molecule has 3 amide bonds. The summed E-state index contributed by atoms with van der Waals surface area (Å²) in [6, 6.07) is 18.1. The average molecular weight is 598 g/mol. The fraction of sp³-hybridized carbons (Fsp3) is 0.115. The largest absolute Gasteiger partial charge is 0.328 e. The molecule has 1 heterocycles. The van der Waals surface area contributed by atoms with Crippen molar-refractivity contribution in [2.75, 3.05) is 16.1 Å². The Morgan fingerprint density at radius 3 is 2.11 bits per heavy atom. The van der Waals surface area contributed by atoms with Gasteiger partial charge in [0, 0.05) is 20.0 Å². The highest BCUT2D eigenvalue weighted by molar-refractivity contribution is 9.10. The molecule has 0 aliphatic heterocycles. The van der Waals surface area contributed by atoms with E-state index >= 15 is 0 Å². The Morgan fingerprint density at radius 1 is 0.743 bits per heavy atom. The minimum atomic E-state index is -0.918. The predicted octanol–water partition coefficient (Wildman–Crippen LogP) is 6.05. The first-order chi connectivity index (χ1) is 16.6. The number of fused-ring (bicyclic) bond motifs is 1. The molecule has 4 aromatic rings. The third kappa shape index (κ3) is 5.47. The molecule has 0 saturated heterocycles. The minimum absolute atomic E-state index is 0.177. The van der Waals surface area contributed by atoms with Gasteiger partial charge < -0.3 is 10.6 Å². The molecule has 1 aromatic heterocycles. The van der Waals surface area contributed by atoms with E-state index in [2.05, 4.69) is 47.9 Å². The number of aromatic nitrogens is 1. The summed E-state index contributed by atoms with van der Waals surface area (Å²) < 4.78 is 2.80. The first-order valence-corrected chi connectivity index (χ1v) is 12.3. The van der Waals surface area contributed by atoms with Crippen LogP contribution in [0.5, 0.6) is 0 Å². The number of carbonyl (C=O) groups is 3. The van der Waals surface area contributed by atoms with E-state index in [0.29, 0.717) is 26.8 Å². The molecule has 178 valence electrons. The lowest BCUT2D eigenvalue weighted by molar-refractivity contribution is -0.133. The summed E-state index contributed by atoms with van der Waals surface area (Å²) in [5.41, 5.74) is 7.43.